The van der Waals surface area contributed by atoms with Crippen LogP contribution in [0.4, 0.5) is 0 Å². The van der Waals surface area contributed by atoms with Gasteiger partial charge in [-0.15, -0.1) is 22.9 Å². The van der Waals surface area contributed by atoms with Crippen LogP contribution in [-0.2, 0) is 12.3 Å². The van der Waals surface area contributed by atoms with E-state index in [-0.39, 0.29) is 0 Å². The van der Waals surface area contributed by atoms with Gasteiger partial charge in [0.2, 0.25) is 0 Å². The van der Waals surface area contributed by atoms with Crippen LogP contribution >= 0.6 is 22.9 Å². The summed E-state index contributed by atoms with van der Waals surface area (Å²) >= 11 is 7.45. The van der Waals surface area contributed by atoms with E-state index in [4.69, 9.17) is 11.6 Å². The molecule has 1 fully saturated rings. The average molecular weight is 289 g/mol. The summed E-state index contributed by atoms with van der Waals surface area (Å²) in [6.07, 6.45) is 5.81. The Bertz CT molecular complexity index is 359. The SMILES string of the molecule is OCC1CCCCN1CCCc1nc(CCl)cs1. The minimum absolute atomic E-state index is 0.299. The highest BCUT2D eigenvalue weighted by molar-refractivity contribution is 7.09. The van der Waals surface area contributed by atoms with Gasteiger partial charge >= 0.3 is 0 Å². The fourth-order valence-electron chi connectivity index (χ4n) is 2.52. The molecule has 0 aliphatic carbocycles. The Hall–Kier alpha value is -0.160. The second-order valence-electron chi connectivity index (χ2n) is 4.84. The Morgan fingerprint density at radius 1 is 1.50 bits per heavy atom. The van der Waals surface area contributed by atoms with Crippen LogP contribution in [0.25, 0.3) is 0 Å². The molecule has 2 rings (SSSR count). The Morgan fingerprint density at radius 3 is 3.11 bits per heavy atom. The number of rotatable bonds is 6. The van der Waals surface area contributed by atoms with Crippen molar-refractivity contribution >= 4 is 22.9 Å². The van der Waals surface area contributed by atoms with Crippen molar-refractivity contribution in [3.63, 3.8) is 0 Å². The second-order valence-corrected chi connectivity index (χ2v) is 6.05. The van der Waals surface area contributed by atoms with Crippen LogP contribution in [0.2, 0.25) is 0 Å². The maximum absolute atomic E-state index is 9.35. The van der Waals surface area contributed by atoms with E-state index in [9.17, 15) is 5.11 Å². The van der Waals surface area contributed by atoms with Crippen molar-refractivity contribution < 1.29 is 5.11 Å². The predicted octanol–water partition coefficient (Wildman–Crippen LogP) is 2.66. The molecule has 1 aromatic heterocycles. The molecule has 102 valence electrons. The van der Waals surface area contributed by atoms with Gasteiger partial charge in [0.15, 0.2) is 0 Å². The van der Waals surface area contributed by atoms with Gasteiger partial charge in [-0.2, -0.15) is 0 Å². The van der Waals surface area contributed by atoms with E-state index < -0.39 is 0 Å². The van der Waals surface area contributed by atoms with Gasteiger partial charge in [-0.25, -0.2) is 4.98 Å². The Kier molecular flexibility index (Phi) is 5.89. The summed E-state index contributed by atoms with van der Waals surface area (Å²) < 4.78 is 0. The summed E-state index contributed by atoms with van der Waals surface area (Å²) in [6, 6.07) is 0.383. The van der Waals surface area contributed by atoms with Gasteiger partial charge < -0.3 is 5.11 Å². The van der Waals surface area contributed by atoms with Gasteiger partial charge in [-0.05, 0) is 32.4 Å². The van der Waals surface area contributed by atoms with Gasteiger partial charge in [0.25, 0.3) is 0 Å². The van der Waals surface area contributed by atoms with Crippen molar-refractivity contribution in [1.82, 2.24) is 9.88 Å². The molecular formula is C13H21ClN2OS. The topological polar surface area (TPSA) is 36.4 Å². The first-order chi connectivity index (χ1) is 8.83. The third-order valence-electron chi connectivity index (χ3n) is 3.53. The number of thiazole rings is 1. The van der Waals surface area contributed by atoms with Crippen LogP contribution in [0.5, 0.6) is 0 Å². The van der Waals surface area contributed by atoms with Crippen molar-refractivity contribution in [3.8, 4) is 0 Å². The molecular weight excluding hydrogens is 268 g/mol. The van der Waals surface area contributed by atoms with Gasteiger partial charge in [-0.1, -0.05) is 6.42 Å². The molecule has 0 bridgehead atoms. The molecule has 0 aromatic carbocycles. The van der Waals surface area contributed by atoms with E-state index in [1.54, 1.807) is 11.3 Å². The summed E-state index contributed by atoms with van der Waals surface area (Å²) in [7, 11) is 0. The second kappa shape index (κ2) is 7.43. The standard InChI is InChI=1S/C13H21ClN2OS/c14-8-11-10-18-13(15-11)5-3-7-16-6-2-1-4-12(16)9-17/h10,12,17H,1-9H2. The van der Waals surface area contributed by atoms with Crippen molar-refractivity contribution in [2.45, 2.75) is 44.0 Å². The molecule has 1 aliphatic rings. The Labute approximate surface area is 118 Å². The van der Waals surface area contributed by atoms with E-state index in [2.05, 4.69) is 9.88 Å². The summed E-state index contributed by atoms with van der Waals surface area (Å²) in [6.45, 7) is 2.50. The molecule has 5 heteroatoms. The highest BCUT2D eigenvalue weighted by Crippen LogP contribution is 2.18. The van der Waals surface area contributed by atoms with E-state index in [0.29, 0.717) is 18.5 Å². The lowest BCUT2D eigenvalue weighted by Crippen LogP contribution is -2.42. The maximum Gasteiger partial charge on any atom is 0.0929 e. The molecule has 18 heavy (non-hydrogen) atoms. The zero-order valence-electron chi connectivity index (χ0n) is 10.6. The molecule has 2 heterocycles. The number of piperidine rings is 1. The molecule has 0 saturated carbocycles. The fraction of sp³-hybridized carbons (Fsp3) is 0.769. The first-order valence-corrected chi connectivity index (χ1v) is 8.09. The van der Waals surface area contributed by atoms with Gasteiger partial charge in [0.05, 0.1) is 23.2 Å². The molecule has 0 amide bonds. The molecule has 1 aromatic rings. The lowest BCUT2D eigenvalue weighted by atomic mass is 10.0. The van der Waals surface area contributed by atoms with E-state index in [1.807, 2.05) is 5.38 Å². The third-order valence-corrected chi connectivity index (χ3v) is 4.76. The molecule has 0 spiro atoms. The first kappa shape index (κ1) is 14.3. The number of aromatic nitrogens is 1. The largest absolute Gasteiger partial charge is 0.395 e. The normalized spacial score (nSPS) is 21.3. The number of alkyl halides is 1. The molecule has 1 N–H and O–H groups in total. The predicted molar refractivity (Wildman–Crippen MR) is 76.3 cm³/mol. The van der Waals surface area contributed by atoms with Crippen LogP contribution in [0, 0.1) is 0 Å². The number of aliphatic hydroxyl groups excluding tert-OH is 1. The van der Waals surface area contributed by atoms with Crippen molar-refractivity contribution in [3.05, 3.63) is 16.1 Å². The van der Waals surface area contributed by atoms with Crippen LogP contribution in [-0.4, -0.2) is 40.7 Å². The van der Waals surface area contributed by atoms with Crippen molar-refractivity contribution in [1.29, 1.82) is 0 Å². The zero-order chi connectivity index (χ0) is 12.8. The molecule has 3 nitrogen and oxygen atoms in total. The van der Waals surface area contributed by atoms with Crippen molar-refractivity contribution in [2.24, 2.45) is 0 Å². The lowest BCUT2D eigenvalue weighted by Gasteiger charge is -2.34. The minimum atomic E-state index is 0.299. The number of nitrogens with zero attached hydrogens (tertiary/aromatic N) is 2. The summed E-state index contributed by atoms with van der Waals surface area (Å²) in [5, 5.41) is 12.6. The highest BCUT2D eigenvalue weighted by atomic mass is 35.5. The van der Waals surface area contributed by atoms with E-state index in [1.165, 1.54) is 17.8 Å². The van der Waals surface area contributed by atoms with E-state index >= 15 is 0 Å². The minimum Gasteiger partial charge on any atom is -0.395 e. The van der Waals surface area contributed by atoms with Crippen LogP contribution in [0.1, 0.15) is 36.4 Å². The summed E-state index contributed by atoms with van der Waals surface area (Å²) in [5.41, 5.74) is 0.989. The lowest BCUT2D eigenvalue weighted by molar-refractivity contribution is 0.0893. The van der Waals surface area contributed by atoms with Crippen LogP contribution in [0.3, 0.4) is 0 Å². The number of likely N-dealkylation sites (tertiary alicyclic amines) is 1. The number of halogens is 1. The third kappa shape index (κ3) is 3.92. The van der Waals surface area contributed by atoms with Crippen molar-refractivity contribution in [2.75, 3.05) is 19.7 Å². The smallest absolute Gasteiger partial charge is 0.0929 e. The maximum atomic E-state index is 9.35. The fourth-order valence-corrected chi connectivity index (χ4v) is 3.59. The first-order valence-electron chi connectivity index (χ1n) is 6.67. The highest BCUT2D eigenvalue weighted by Gasteiger charge is 2.20. The molecule has 1 unspecified atom stereocenters. The van der Waals surface area contributed by atoms with Gasteiger partial charge in [-0.3, -0.25) is 4.90 Å². The number of hydrogen-bond donors (Lipinski definition) is 1. The zero-order valence-corrected chi connectivity index (χ0v) is 12.2. The number of aliphatic hydroxyl groups is 1. The molecule has 1 atom stereocenters. The monoisotopic (exact) mass is 288 g/mol. The van der Waals surface area contributed by atoms with Crippen LogP contribution < -0.4 is 0 Å². The van der Waals surface area contributed by atoms with Gasteiger partial charge in [0.1, 0.15) is 0 Å². The number of hydrogen-bond acceptors (Lipinski definition) is 4. The summed E-state index contributed by atoms with van der Waals surface area (Å²) in [4.78, 5) is 6.90. The van der Waals surface area contributed by atoms with Crippen LogP contribution in [0.15, 0.2) is 5.38 Å². The Balaban J connectivity index is 1.73. The average Bonchev–Trinajstić information content (AvgIpc) is 2.87. The molecule has 1 saturated heterocycles. The summed E-state index contributed by atoms with van der Waals surface area (Å²) in [5.74, 6) is 0.509. The Morgan fingerprint density at radius 2 is 2.39 bits per heavy atom. The quantitative estimate of drug-likeness (QED) is 0.818. The molecule has 0 radical (unpaired) electrons. The number of aryl methyl sites for hydroxylation is 1. The molecule has 1 aliphatic heterocycles. The van der Waals surface area contributed by atoms with Gasteiger partial charge in [0, 0.05) is 17.8 Å². The van der Waals surface area contributed by atoms with E-state index in [0.717, 1.165) is 38.0 Å².